The van der Waals surface area contributed by atoms with Crippen LogP contribution in [0.15, 0.2) is 36.7 Å². The van der Waals surface area contributed by atoms with Crippen LogP contribution < -0.4 is 10.1 Å². The topological polar surface area (TPSA) is 56.1 Å². The summed E-state index contributed by atoms with van der Waals surface area (Å²) in [5.41, 5.74) is 0.827. The lowest BCUT2D eigenvalue weighted by molar-refractivity contribution is 0.0799. The van der Waals surface area contributed by atoms with Gasteiger partial charge in [0.1, 0.15) is 11.4 Å². The van der Waals surface area contributed by atoms with Crippen molar-refractivity contribution in [3.8, 4) is 5.88 Å². The summed E-state index contributed by atoms with van der Waals surface area (Å²) in [6.07, 6.45) is 5.18. The van der Waals surface area contributed by atoms with Gasteiger partial charge < -0.3 is 14.6 Å². The van der Waals surface area contributed by atoms with E-state index in [0.717, 1.165) is 25.7 Å². The zero-order valence-electron chi connectivity index (χ0n) is 13.1. The molecule has 24 heavy (non-hydrogen) atoms. The van der Waals surface area contributed by atoms with E-state index in [1.54, 1.807) is 18.2 Å². The first kappa shape index (κ1) is 16.4. The van der Waals surface area contributed by atoms with Crippen LogP contribution in [-0.2, 0) is 0 Å². The minimum Gasteiger partial charge on any atom is -0.470 e. The minimum absolute atomic E-state index is 0.00915. The molecule has 0 unspecified atom stereocenters. The van der Waals surface area contributed by atoms with E-state index in [1.807, 2.05) is 16.8 Å². The molecule has 0 saturated heterocycles. The second kappa shape index (κ2) is 7.42. The zero-order chi connectivity index (χ0) is 16.9. The molecular weight excluding hydrogens is 316 g/mol. The molecule has 1 amide bonds. The third-order valence-electron chi connectivity index (χ3n) is 4.10. The van der Waals surface area contributed by atoms with Gasteiger partial charge in [-0.25, -0.2) is 13.8 Å². The summed E-state index contributed by atoms with van der Waals surface area (Å²) in [5.74, 6) is -0.313. The molecule has 0 bridgehead atoms. The van der Waals surface area contributed by atoms with Crippen molar-refractivity contribution in [2.45, 2.75) is 38.2 Å². The number of nitrogens with one attached hydrogen (secondary N) is 1. The number of aromatic nitrogens is 2. The van der Waals surface area contributed by atoms with Crippen molar-refractivity contribution in [3.63, 3.8) is 0 Å². The van der Waals surface area contributed by atoms with E-state index in [9.17, 15) is 13.6 Å². The molecule has 0 atom stereocenters. The van der Waals surface area contributed by atoms with Crippen LogP contribution in [0.2, 0.25) is 0 Å². The SMILES string of the molecule is O=C(Nc1cccnc1OCC(F)F)c1cccn1C1CCCC1. The third kappa shape index (κ3) is 3.72. The highest BCUT2D eigenvalue weighted by atomic mass is 19.3. The largest absolute Gasteiger partial charge is 0.470 e. The van der Waals surface area contributed by atoms with Gasteiger partial charge in [0, 0.05) is 18.4 Å². The average Bonchev–Trinajstić information content (AvgIpc) is 3.24. The lowest BCUT2D eigenvalue weighted by Crippen LogP contribution is -2.19. The van der Waals surface area contributed by atoms with Crippen molar-refractivity contribution < 1.29 is 18.3 Å². The summed E-state index contributed by atoms with van der Waals surface area (Å²) in [6.45, 7) is -0.766. The predicted molar refractivity (Wildman–Crippen MR) is 85.6 cm³/mol. The van der Waals surface area contributed by atoms with Crippen molar-refractivity contribution in [1.82, 2.24) is 9.55 Å². The molecule has 2 aromatic heterocycles. The molecule has 1 aliphatic rings. The Labute approximate surface area is 138 Å². The van der Waals surface area contributed by atoms with E-state index < -0.39 is 13.0 Å². The van der Waals surface area contributed by atoms with Gasteiger partial charge in [-0.3, -0.25) is 4.79 Å². The third-order valence-corrected chi connectivity index (χ3v) is 4.10. The maximum atomic E-state index is 12.6. The van der Waals surface area contributed by atoms with Gasteiger partial charge in [-0.05, 0) is 37.1 Å². The van der Waals surface area contributed by atoms with Crippen molar-refractivity contribution in [2.24, 2.45) is 0 Å². The highest BCUT2D eigenvalue weighted by Gasteiger charge is 2.22. The summed E-state index contributed by atoms with van der Waals surface area (Å²) in [7, 11) is 0. The maximum absolute atomic E-state index is 12.6. The molecule has 1 saturated carbocycles. The van der Waals surface area contributed by atoms with Crippen LogP contribution in [0.5, 0.6) is 5.88 Å². The lowest BCUT2D eigenvalue weighted by atomic mass is 10.2. The molecule has 2 aromatic rings. The van der Waals surface area contributed by atoms with Gasteiger partial charge in [-0.1, -0.05) is 12.8 Å². The van der Waals surface area contributed by atoms with Gasteiger partial charge in [-0.2, -0.15) is 0 Å². The summed E-state index contributed by atoms with van der Waals surface area (Å²) in [4.78, 5) is 16.5. The number of anilines is 1. The van der Waals surface area contributed by atoms with Gasteiger partial charge in [0.2, 0.25) is 5.88 Å². The molecule has 1 N–H and O–H groups in total. The molecule has 0 spiro atoms. The fraction of sp³-hybridized carbons (Fsp3) is 0.412. The Balaban J connectivity index is 1.75. The van der Waals surface area contributed by atoms with Crippen molar-refractivity contribution in [2.75, 3.05) is 11.9 Å². The van der Waals surface area contributed by atoms with Gasteiger partial charge >= 0.3 is 0 Å². The first-order valence-electron chi connectivity index (χ1n) is 7.99. The number of carbonyl (C=O) groups is 1. The Hall–Kier alpha value is -2.44. The van der Waals surface area contributed by atoms with Gasteiger partial charge in [-0.15, -0.1) is 0 Å². The van der Waals surface area contributed by atoms with Gasteiger partial charge in [0.05, 0.1) is 0 Å². The van der Waals surface area contributed by atoms with E-state index in [1.165, 1.54) is 6.20 Å². The second-order valence-corrected chi connectivity index (χ2v) is 5.75. The van der Waals surface area contributed by atoms with Crippen molar-refractivity contribution in [3.05, 3.63) is 42.4 Å². The normalized spacial score (nSPS) is 15.0. The number of hydrogen-bond acceptors (Lipinski definition) is 3. The van der Waals surface area contributed by atoms with Crippen LogP contribution in [0.4, 0.5) is 14.5 Å². The Bertz CT molecular complexity index is 697. The standard InChI is InChI=1S/C17H19F2N3O2/c18-15(19)11-24-17-13(7-3-9-20-17)21-16(23)14-8-4-10-22(14)12-5-1-2-6-12/h3-4,7-10,12,15H,1-2,5-6,11H2,(H,21,23). The highest BCUT2D eigenvalue weighted by molar-refractivity contribution is 6.03. The molecule has 0 radical (unpaired) electrons. The lowest BCUT2D eigenvalue weighted by Gasteiger charge is -2.16. The number of amides is 1. The molecule has 2 heterocycles. The number of hydrogen-bond donors (Lipinski definition) is 1. The Morgan fingerprint density at radius 1 is 1.33 bits per heavy atom. The first-order chi connectivity index (χ1) is 11.6. The zero-order valence-corrected chi connectivity index (χ0v) is 13.1. The minimum atomic E-state index is -2.60. The van der Waals surface area contributed by atoms with E-state index in [0.29, 0.717) is 11.7 Å². The molecule has 7 heteroatoms. The fourth-order valence-electron chi connectivity index (χ4n) is 3.02. The van der Waals surface area contributed by atoms with Crippen LogP contribution in [0.1, 0.15) is 42.2 Å². The molecule has 1 fully saturated rings. The maximum Gasteiger partial charge on any atom is 0.272 e. The molecule has 128 valence electrons. The van der Waals surface area contributed by atoms with Crippen LogP contribution in [-0.4, -0.2) is 28.5 Å². The van der Waals surface area contributed by atoms with Crippen LogP contribution in [0.3, 0.4) is 0 Å². The fourth-order valence-corrected chi connectivity index (χ4v) is 3.02. The molecule has 0 aliphatic heterocycles. The monoisotopic (exact) mass is 335 g/mol. The van der Waals surface area contributed by atoms with Crippen LogP contribution >= 0.6 is 0 Å². The number of rotatable bonds is 6. The van der Waals surface area contributed by atoms with Crippen molar-refractivity contribution >= 4 is 11.6 Å². The number of carbonyl (C=O) groups excluding carboxylic acids is 1. The Morgan fingerprint density at radius 3 is 2.88 bits per heavy atom. The number of nitrogens with zero attached hydrogens (tertiary/aromatic N) is 2. The van der Waals surface area contributed by atoms with E-state index >= 15 is 0 Å². The van der Waals surface area contributed by atoms with Crippen LogP contribution in [0.25, 0.3) is 0 Å². The number of pyridine rings is 1. The number of halogens is 2. The summed E-state index contributed by atoms with van der Waals surface area (Å²) in [5, 5.41) is 2.71. The molecule has 1 aliphatic carbocycles. The highest BCUT2D eigenvalue weighted by Crippen LogP contribution is 2.31. The second-order valence-electron chi connectivity index (χ2n) is 5.75. The average molecular weight is 335 g/mol. The molecule has 5 nitrogen and oxygen atoms in total. The number of alkyl halides is 2. The van der Waals surface area contributed by atoms with Crippen molar-refractivity contribution in [1.29, 1.82) is 0 Å². The predicted octanol–water partition coefficient (Wildman–Crippen LogP) is 3.89. The molecular formula is C17H19F2N3O2. The quantitative estimate of drug-likeness (QED) is 0.871. The van der Waals surface area contributed by atoms with E-state index in [4.69, 9.17) is 4.74 Å². The smallest absolute Gasteiger partial charge is 0.272 e. The summed E-state index contributed by atoms with van der Waals surface area (Å²) < 4.78 is 31.6. The van der Waals surface area contributed by atoms with E-state index in [2.05, 4.69) is 10.3 Å². The summed E-state index contributed by atoms with van der Waals surface area (Å²) in [6, 6.07) is 7.12. The first-order valence-corrected chi connectivity index (χ1v) is 7.99. The Kier molecular flexibility index (Phi) is 5.08. The van der Waals surface area contributed by atoms with E-state index in [-0.39, 0.29) is 17.5 Å². The van der Waals surface area contributed by atoms with Gasteiger partial charge in [0.15, 0.2) is 6.61 Å². The summed E-state index contributed by atoms with van der Waals surface area (Å²) >= 11 is 0. The number of ether oxygens (including phenoxy) is 1. The Morgan fingerprint density at radius 2 is 2.12 bits per heavy atom. The molecule has 3 rings (SSSR count). The molecule has 0 aromatic carbocycles. The van der Waals surface area contributed by atoms with Gasteiger partial charge in [0.25, 0.3) is 12.3 Å². The van der Waals surface area contributed by atoms with Crippen LogP contribution in [0, 0.1) is 0 Å².